The Bertz CT molecular complexity index is 3120. The first kappa shape index (κ1) is 60.7. The predicted molar refractivity (Wildman–Crippen MR) is 307 cm³/mol. The van der Waals surface area contributed by atoms with Crippen LogP contribution in [-0.4, -0.2) is 158 Å². The smallest absolute Gasteiger partial charge is 0.308 e. The molecule has 2 aliphatic rings. The first-order valence-electron chi connectivity index (χ1n) is 26.8. The van der Waals surface area contributed by atoms with Crippen LogP contribution in [0.1, 0.15) is 122 Å². The fourth-order valence-electron chi connectivity index (χ4n) is 9.22. The van der Waals surface area contributed by atoms with Crippen molar-refractivity contribution >= 4 is 74.8 Å². The number of carbonyl (C=O) groups excluding carboxylic acids is 3. The molecule has 0 aliphatic carbocycles. The van der Waals surface area contributed by atoms with Crippen molar-refractivity contribution in [2.75, 3.05) is 99.6 Å². The van der Waals surface area contributed by atoms with Gasteiger partial charge in [-0.15, -0.1) is 43.1 Å². The standard InChI is InChI=1S/C57H68Cl2N8O11S2/c1-35-37(3)79-56-49(35)51(40-11-15-42(58)16-12-40)60-45(54-64-62-38(4)66(54)56)33-44(68)9-7-19-72-21-23-74-25-27-76-29-31-78-32-30-77-28-26-75-24-22-73-20-8-10-47(69)53-36(2)50-52(41-13-17-43(59)18-14-41)61-46(34-48(70)71-6)55-65-63-39(5)67(55)57(50)80-53/h11-18,45-46H,7-10,19-34H2,1-6H3. The van der Waals surface area contributed by atoms with Crippen molar-refractivity contribution in [2.24, 2.45) is 9.98 Å². The van der Waals surface area contributed by atoms with Gasteiger partial charge in [0.1, 0.15) is 39.5 Å². The second-order valence-corrected chi connectivity index (χ2v) is 22.1. The number of ether oxygens (including phenoxy) is 8. The van der Waals surface area contributed by atoms with E-state index in [4.69, 9.17) is 71.1 Å². The number of rotatable bonds is 33. The van der Waals surface area contributed by atoms with Crippen LogP contribution in [0.4, 0.5) is 0 Å². The second kappa shape index (κ2) is 30.0. The van der Waals surface area contributed by atoms with Gasteiger partial charge in [-0.05, 0) is 82.9 Å². The van der Waals surface area contributed by atoms with E-state index in [2.05, 4.69) is 38.8 Å². The molecule has 80 heavy (non-hydrogen) atoms. The summed E-state index contributed by atoms with van der Waals surface area (Å²) in [5.41, 5.74) is 6.97. The second-order valence-electron chi connectivity index (χ2n) is 19.0. The number of thiophene rings is 2. The molecule has 2 unspecified atom stereocenters. The monoisotopic (exact) mass is 1170 g/mol. The number of esters is 1. The number of halogens is 2. The number of carbonyl (C=O) groups is 3. The number of aryl methyl sites for hydroxylation is 3. The lowest BCUT2D eigenvalue weighted by Gasteiger charge is -2.12. The van der Waals surface area contributed by atoms with Crippen molar-refractivity contribution in [3.05, 3.63) is 125 Å². The largest absolute Gasteiger partial charge is 0.469 e. The SMILES string of the molecule is COC(=O)CC1N=C(c2ccc(Cl)cc2)c2c(sc(C(=O)CCCOCCOCCOCCOCCOCCOCCOCCCC(=O)CC3N=C(c4ccc(Cl)cc4)c4c(sc(C)c4C)-n4c(C)nnc43)c2C)-n2c(C)nnc21. The van der Waals surface area contributed by atoms with Crippen molar-refractivity contribution in [1.29, 1.82) is 0 Å². The summed E-state index contributed by atoms with van der Waals surface area (Å²) in [7, 11) is 1.34. The molecule has 23 heteroatoms. The van der Waals surface area contributed by atoms with E-state index in [0.29, 0.717) is 156 Å². The third-order valence-corrected chi connectivity index (χ3v) is 16.4. The Kier molecular flexibility index (Phi) is 22.8. The average molecular weight is 1180 g/mol. The molecule has 0 saturated carbocycles. The lowest BCUT2D eigenvalue weighted by molar-refractivity contribution is -0.141. The summed E-state index contributed by atoms with van der Waals surface area (Å²) >= 11 is 15.5. The highest BCUT2D eigenvalue weighted by atomic mass is 35.5. The molecule has 0 amide bonds. The van der Waals surface area contributed by atoms with Crippen LogP contribution in [0, 0.1) is 34.6 Å². The summed E-state index contributed by atoms with van der Waals surface area (Å²) in [6, 6.07) is 13.9. The van der Waals surface area contributed by atoms with Gasteiger partial charge in [-0.25, -0.2) is 0 Å². The zero-order valence-corrected chi connectivity index (χ0v) is 49.2. The molecule has 0 spiro atoms. The number of aromatic nitrogens is 6. The molecule has 428 valence electrons. The minimum absolute atomic E-state index is 0.00162. The van der Waals surface area contributed by atoms with Crippen LogP contribution in [0.2, 0.25) is 10.0 Å². The number of aliphatic imine (C=N–C) groups is 2. The van der Waals surface area contributed by atoms with Gasteiger partial charge in [0.25, 0.3) is 0 Å². The minimum atomic E-state index is -0.650. The normalized spacial score (nSPS) is 14.7. The Hall–Kier alpha value is -5.43. The van der Waals surface area contributed by atoms with E-state index < -0.39 is 18.1 Å². The molecule has 0 fully saturated rings. The van der Waals surface area contributed by atoms with Crippen molar-refractivity contribution in [3.63, 3.8) is 0 Å². The highest BCUT2D eigenvalue weighted by molar-refractivity contribution is 7.17. The number of hydrogen-bond donors (Lipinski definition) is 0. The molecular weight excluding hydrogens is 1110 g/mol. The fraction of sp³-hybridized carbons (Fsp3) is 0.491. The number of Topliss-reactive ketones (excluding diaryl/α,β-unsaturated/α-hetero) is 2. The maximum absolute atomic E-state index is 13.7. The van der Waals surface area contributed by atoms with Crippen LogP contribution in [0.3, 0.4) is 0 Å². The van der Waals surface area contributed by atoms with Gasteiger partial charge in [-0.3, -0.25) is 33.5 Å². The van der Waals surface area contributed by atoms with Crippen molar-refractivity contribution in [3.8, 4) is 10.0 Å². The first-order valence-corrected chi connectivity index (χ1v) is 29.2. The van der Waals surface area contributed by atoms with Crippen LogP contribution in [-0.2, 0) is 47.5 Å². The molecule has 4 aromatic heterocycles. The van der Waals surface area contributed by atoms with Gasteiger partial charge in [0.2, 0.25) is 0 Å². The number of methoxy groups -OCH3 is 1. The highest BCUT2D eigenvalue weighted by Crippen LogP contribution is 2.42. The molecule has 0 saturated heterocycles. The zero-order valence-electron chi connectivity index (χ0n) is 46.1. The lowest BCUT2D eigenvalue weighted by atomic mass is 9.98. The van der Waals surface area contributed by atoms with Gasteiger partial charge in [-0.2, -0.15) is 0 Å². The molecule has 0 N–H and O–H groups in total. The molecule has 19 nitrogen and oxygen atoms in total. The molecule has 6 aromatic rings. The predicted octanol–water partition coefficient (Wildman–Crippen LogP) is 9.69. The summed E-state index contributed by atoms with van der Waals surface area (Å²) < 4.78 is 48.5. The fourth-order valence-corrected chi connectivity index (χ4v) is 12.0. The van der Waals surface area contributed by atoms with Crippen LogP contribution >= 0.6 is 45.9 Å². The van der Waals surface area contributed by atoms with Crippen LogP contribution < -0.4 is 0 Å². The molecule has 2 aliphatic heterocycles. The van der Waals surface area contributed by atoms with E-state index >= 15 is 0 Å². The van der Waals surface area contributed by atoms with Gasteiger partial charge in [0, 0.05) is 69.7 Å². The Labute approximate surface area is 483 Å². The molecule has 6 heterocycles. The summed E-state index contributed by atoms with van der Waals surface area (Å²) in [4.78, 5) is 51.6. The average Bonchev–Trinajstić information content (AvgIpc) is 4.31. The quantitative estimate of drug-likeness (QED) is 0.0213. The number of fused-ring (bicyclic) bond motifs is 6. The first-order chi connectivity index (χ1) is 38.8. The van der Waals surface area contributed by atoms with Crippen LogP contribution in [0.25, 0.3) is 10.0 Å². The summed E-state index contributed by atoms with van der Waals surface area (Å²) in [6.07, 6.45) is 1.98. The Morgan fingerprint density at radius 2 is 0.912 bits per heavy atom. The minimum Gasteiger partial charge on any atom is -0.469 e. The summed E-state index contributed by atoms with van der Waals surface area (Å²) in [6.45, 7) is 15.9. The third-order valence-electron chi connectivity index (χ3n) is 13.4. The Balaban J connectivity index is 0.619. The van der Waals surface area contributed by atoms with Gasteiger partial charge in [0.15, 0.2) is 17.4 Å². The Morgan fingerprint density at radius 3 is 1.36 bits per heavy atom. The van der Waals surface area contributed by atoms with E-state index in [1.807, 2.05) is 61.7 Å². The van der Waals surface area contributed by atoms with Crippen LogP contribution in [0.5, 0.6) is 0 Å². The third kappa shape index (κ3) is 15.6. The number of nitrogens with zero attached hydrogens (tertiary/aromatic N) is 8. The van der Waals surface area contributed by atoms with Gasteiger partial charge < -0.3 is 37.9 Å². The number of benzene rings is 2. The lowest BCUT2D eigenvalue weighted by Crippen LogP contribution is -2.15. The molecule has 8 rings (SSSR count). The van der Waals surface area contributed by atoms with E-state index in [1.54, 1.807) is 23.5 Å². The topological polar surface area (TPSA) is 211 Å². The maximum Gasteiger partial charge on any atom is 0.308 e. The molecule has 2 atom stereocenters. The summed E-state index contributed by atoms with van der Waals surface area (Å²) in [5.74, 6) is 2.21. The van der Waals surface area contributed by atoms with E-state index in [-0.39, 0.29) is 24.4 Å². The molecule has 2 aromatic carbocycles. The zero-order chi connectivity index (χ0) is 56.5. The van der Waals surface area contributed by atoms with E-state index in [0.717, 1.165) is 54.9 Å². The van der Waals surface area contributed by atoms with Crippen molar-refractivity contribution in [2.45, 2.75) is 85.2 Å². The molecule has 0 radical (unpaired) electrons. The molecule has 0 bridgehead atoms. The number of hydrogen-bond acceptors (Lipinski definition) is 19. The summed E-state index contributed by atoms with van der Waals surface area (Å²) in [5, 5.41) is 20.6. The number of ketones is 2. The van der Waals surface area contributed by atoms with Crippen molar-refractivity contribution < 1.29 is 52.3 Å². The van der Waals surface area contributed by atoms with Crippen LogP contribution in [0.15, 0.2) is 58.5 Å². The van der Waals surface area contributed by atoms with E-state index in [1.165, 1.54) is 23.3 Å². The Morgan fingerprint density at radius 1 is 0.512 bits per heavy atom. The molecular formula is C57H68Cl2N8O11S2. The van der Waals surface area contributed by atoms with Gasteiger partial charge >= 0.3 is 5.97 Å². The highest BCUT2D eigenvalue weighted by Gasteiger charge is 2.35. The maximum atomic E-state index is 13.7. The van der Waals surface area contributed by atoms with Crippen molar-refractivity contribution in [1.82, 2.24) is 29.5 Å². The van der Waals surface area contributed by atoms with Gasteiger partial charge in [0.05, 0.1) is 109 Å². The van der Waals surface area contributed by atoms with E-state index in [9.17, 15) is 14.4 Å². The van der Waals surface area contributed by atoms with Gasteiger partial charge in [-0.1, -0.05) is 47.5 Å².